The molecule has 35 heavy (non-hydrogen) atoms. The summed E-state index contributed by atoms with van der Waals surface area (Å²) in [6, 6.07) is 9.95. The van der Waals surface area contributed by atoms with Gasteiger partial charge in [0.2, 0.25) is 5.95 Å². The van der Waals surface area contributed by atoms with E-state index >= 15 is 0 Å². The van der Waals surface area contributed by atoms with Gasteiger partial charge in [-0.05, 0) is 44.6 Å². The van der Waals surface area contributed by atoms with E-state index in [-0.39, 0.29) is 0 Å². The average molecular weight is 493 g/mol. The Morgan fingerprint density at radius 1 is 0.886 bits per heavy atom. The van der Waals surface area contributed by atoms with Crippen LogP contribution in [-0.4, -0.2) is 67.7 Å². The third-order valence-corrected chi connectivity index (χ3v) is 9.41. The Morgan fingerprint density at radius 2 is 1.60 bits per heavy atom. The Morgan fingerprint density at radius 3 is 2.31 bits per heavy atom. The van der Waals surface area contributed by atoms with Crippen molar-refractivity contribution >= 4 is 33.3 Å². The molecule has 4 aliphatic heterocycles. The molecule has 0 spiro atoms. The molecule has 2 aromatic heterocycles. The van der Waals surface area contributed by atoms with E-state index in [4.69, 9.17) is 24.2 Å². The molecule has 7 nitrogen and oxygen atoms in total. The number of benzene rings is 1. The second-order valence-electron chi connectivity index (χ2n) is 10.3. The molecule has 0 radical (unpaired) electrons. The van der Waals surface area contributed by atoms with Crippen LogP contribution >= 0.6 is 11.3 Å². The van der Waals surface area contributed by atoms with Gasteiger partial charge >= 0.3 is 0 Å². The Bertz CT molecular complexity index is 1220. The van der Waals surface area contributed by atoms with Crippen molar-refractivity contribution in [2.24, 2.45) is 0 Å². The Balaban J connectivity index is 1.41. The number of nitrogens with zero attached hydrogens (tertiary/aromatic N) is 4. The minimum Gasteiger partial charge on any atom is -0.496 e. The summed E-state index contributed by atoms with van der Waals surface area (Å²) in [5.41, 5.74) is 2.27. The summed E-state index contributed by atoms with van der Waals surface area (Å²) < 4.78 is 17.4. The number of ether oxygens (including phenoxy) is 3. The number of para-hydroxylation sites is 1. The Labute approximate surface area is 210 Å². The fraction of sp³-hybridized carbons (Fsp3) is 0.556. The average Bonchev–Trinajstić information content (AvgIpc) is 3.52. The number of aromatic nitrogens is 2. The predicted octanol–water partition coefficient (Wildman–Crippen LogP) is 4.88. The topological polar surface area (TPSA) is 60.0 Å². The van der Waals surface area contributed by atoms with Crippen LogP contribution in [0.1, 0.15) is 38.5 Å². The Kier molecular flexibility index (Phi) is 5.37. The van der Waals surface area contributed by atoms with E-state index < -0.39 is 0 Å². The molecule has 0 aliphatic carbocycles. The van der Waals surface area contributed by atoms with Crippen LogP contribution in [-0.2, 0) is 9.47 Å². The van der Waals surface area contributed by atoms with Crippen molar-refractivity contribution < 1.29 is 14.2 Å². The highest BCUT2D eigenvalue weighted by Gasteiger charge is 2.44. The molecule has 7 rings (SSSR count). The van der Waals surface area contributed by atoms with Gasteiger partial charge in [0.1, 0.15) is 16.4 Å². The zero-order valence-corrected chi connectivity index (χ0v) is 21.2. The maximum Gasteiger partial charge on any atom is 0.229 e. The molecule has 4 fully saturated rings. The molecule has 4 unspecified atom stereocenters. The molecule has 8 heteroatoms. The van der Waals surface area contributed by atoms with Crippen molar-refractivity contribution in [1.82, 2.24) is 9.97 Å². The molecule has 184 valence electrons. The molecule has 0 saturated carbocycles. The SMILES string of the molecule is COc1ccccc1-c1csc2nc(N3C4CCC3COC4)nc(N3C4CCC3CC(OC)C4)c12. The number of rotatable bonds is 5. The monoisotopic (exact) mass is 492 g/mol. The van der Waals surface area contributed by atoms with Gasteiger partial charge in [0, 0.05) is 35.7 Å². The van der Waals surface area contributed by atoms with Crippen molar-refractivity contribution in [3.8, 4) is 16.9 Å². The highest BCUT2D eigenvalue weighted by Crippen LogP contribution is 2.48. The van der Waals surface area contributed by atoms with Crippen LogP contribution in [0.15, 0.2) is 29.6 Å². The third-order valence-electron chi connectivity index (χ3n) is 8.54. The number of hydrogen-bond donors (Lipinski definition) is 0. The predicted molar refractivity (Wildman–Crippen MR) is 139 cm³/mol. The third kappa shape index (κ3) is 3.44. The lowest BCUT2D eigenvalue weighted by molar-refractivity contribution is 0.0682. The number of hydrogen-bond acceptors (Lipinski definition) is 8. The summed E-state index contributed by atoms with van der Waals surface area (Å²) in [6.07, 6.45) is 7.16. The standard InChI is InChI=1S/C27H32N4O3S/c1-32-20-11-16-7-8-17(12-20)30(16)25-24-22(21-5-3-4-6-23(21)33-2)15-35-26(24)29-27(28-25)31-18-9-10-19(31)14-34-13-18/h3-6,15-20H,7-14H2,1-2H3. The van der Waals surface area contributed by atoms with Gasteiger partial charge in [0.05, 0.1) is 43.9 Å². The van der Waals surface area contributed by atoms with Crippen molar-refractivity contribution in [2.75, 3.05) is 37.2 Å². The minimum atomic E-state index is 0.340. The second kappa shape index (κ2) is 8.61. The van der Waals surface area contributed by atoms with E-state index in [2.05, 4.69) is 27.3 Å². The summed E-state index contributed by atoms with van der Waals surface area (Å²) in [6.45, 7) is 1.54. The summed E-state index contributed by atoms with van der Waals surface area (Å²) in [5.74, 6) is 2.86. The summed E-state index contributed by atoms with van der Waals surface area (Å²) >= 11 is 1.72. The van der Waals surface area contributed by atoms with Crippen LogP contribution in [0.25, 0.3) is 21.3 Å². The maximum absolute atomic E-state index is 5.87. The number of anilines is 2. The molecule has 0 N–H and O–H groups in total. The van der Waals surface area contributed by atoms with Crippen LogP contribution in [0.5, 0.6) is 5.75 Å². The lowest BCUT2D eigenvalue weighted by Crippen LogP contribution is -2.48. The van der Waals surface area contributed by atoms with Gasteiger partial charge in [-0.25, -0.2) is 4.98 Å². The van der Waals surface area contributed by atoms with E-state index in [9.17, 15) is 0 Å². The molecular formula is C27H32N4O3S. The molecule has 4 saturated heterocycles. The first-order chi connectivity index (χ1) is 17.2. The van der Waals surface area contributed by atoms with Gasteiger partial charge in [0.15, 0.2) is 0 Å². The van der Waals surface area contributed by atoms with Crippen LogP contribution in [0.4, 0.5) is 11.8 Å². The van der Waals surface area contributed by atoms with Gasteiger partial charge in [0.25, 0.3) is 0 Å². The lowest BCUT2D eigenvalue weighted by Gasteiger charge is -2.40. The molecule has 4 aliphatic rings. The number of methoxy groups -OCH3 is 2. The van der Waals surface area contributed by atoms with Crippen molar-refractivity contribution in [2.45, 2.75) is 68.8 Å². The summed E-state index contributed by atoms with van der Waals surface area (Å²) in [4.78, 5) is 16.7. The van der Waals surface area contributed by atoms with Crippen LogP contribution in [0, 0.1) is 0 Å². The minimum absolute atomic E-state index is 0.340. The first-order valence-electron chi connectivity index (χ1n) is 12.8. The highest BCUT2D eigenvalue weighted by atomic mass is 32.1. The normalized spacial score (nSPS) is 29.8. The zero-order valence-electron chi connectivity index (χ0n) is 20.4. The Hall–Kier alpha value is -2.42. The molecule has 3 aromatic rings. The first-order valence-corrected chi connectivity index (χ1v) is 13.7. The van der Waals surface area contributed by atoms with Crippen molar-refractivity contribution in [3.05, 3.63) is 29.6 Å². The quantitative estimate of drug-likeness (QED) is 0.503. The molecule has 4 atom stereocenters. The van der Waals surface area contributed by atoms with E-state index in [0.29, 0.717) is 30.3 Å². The van der Waals surface area contributed by atoms with Gasteiger partial charge in [-0.1, -0.05) is 18.2 Å². The van der Waals surface area contributed by atoms with Crippen LogP contribution < -0.4 is 14.5 Å². The number of fused-ring (bicyclic) bond motifs is 5. The smallest absolute Gasteiger partial charge is 0.229 e. The maximum atomic E-state index is 5.87. The number of thiophene rings is 1. The van der Waals surface area contributed by atoms with Gasteiger partial charge in [-0.3, -0.25) is 0 Å². The highest BCUT2D eigenvalue weighted by molar-refractivity contribution is 7.17. The summed E-state index contributed by atoms with van der Waals surface area (Å²) in [7, 11) is 3.60. The number of morpholine rings is 1. The lowest BCUT2D eigenvalue weighted by atomic mass is 9.98. The first kappa shape index (κ1) is 21.8. The fourth-order valence-electron chi connectivity index (χ4n) is 6.90. The second-order valence-corrected chi connectivity index (χ2v) is 11.2. The number of piperidine rings is 1. The molecule has 0 amide bonds. The van der Waals surface area contributed by atoms with Gasteiger partial charge < -0.3 is 24.0 Å². The van der Waals surface area contributed by atoms with Crippen molar-refractivity contribution in [1.29, 1.82) is 0 Å². The van der Waals surface area contributed by atoms with Crippen LogP contribution in [0.3, 0.4) is 0 Å². The molecule has 4 bridgehead atoms. The van der Waals surface area contributed by atoms with Crippen LogP contribution in [0.2, 0.25) is 0 Å². The summed E-state index contributed by atoms with van der Waals surface area (Å²) in [5, 5.41) is 3.40. The van der Waals surface area contributed by atoms with E-state index in [1.807, 2.05) is 19.2 Å². The van der Waals surface area contributed by atoms with E-state index in [1.165, 1.54) is 18.4 Å². The molecule has 1 aromatic carbocycles. The largest absolute Gasteiger partial charge is 0.496 e. The molecular weight excluding hydrogens is 460 g/mol. The van der Waals surface area contributed by atoms with E-state index in [1.54, 1.807) is 18.4 Å². The van der Waals surface area contributed by atoms with Crippen molar-refractivity contribution in [3.63, 3.8) is 0 Å². The van der Waals surface area contributed by atoms with E-state index in [0.717, 1.165) is 72.2 Å². The fourth-order valence-corrected chi connectivity index (χ4v) is 7.83. The van der Waals surface area contributed by atoms with Gasteiger partial charge in [-0.15, -0.1) is 11.3 Å². The van der Waals surface area contributed by atoms with Gasteiger partial charge in [-0.2, -0.15) is 4.98 Å². The molecule has 6 heterocycles. The zero-order chi connectivity index (χ0) is 23.5.